The zero-order valence-corrected chi connectivity index (χ0v) is 12.2. The fourth-order valence-corrected chi connectivity index (χ4v) is 2.40. The van der Waals surface area contributed by atoms with Crippen LogP contribution in [0.3, 0.4) is 0 Å². The summed E-state index contributed by atoms with van der Waals surface area (Å²) in [5.74, 6) is -5.00. The van der Waals surface area contributed by atoms with E-state index in [1.54, 1.807) is 24.3 Å². The smallest absolute Gasteiger partial charge is 0.255 e. The molecule has 2 N–H and O–H groups in total. The zero-order valence-electron chi connectivity index (χ0n) is 12.2. The number of rotatable bonds is 4. The first kappa shape index (κ1) is 16.1. The van der Waals surface area contributed by atoms with E-state index in [4.69, 9.17) is 4.42 Å². The average molecular weight is 335 g/mol. The molecule has 24 heavy (non-hydrogen) atoms. The number of fused-ring (bicyclic) bond motifs is 1. The Hall–Kier alpha value is -2.80. The minimum Gasteiger partial charge on any atom is -0.463 e. The van der Waals surface area contributed by atoms with Crippen LogP contribution in [0.25, 0.3) is 11.0 Å². The Morgan fingerprint density at radius 3 is 2.50 bits per heavy atom. The molecule has 7 heteroatoms. The van der Waals surface area contributed by atoms with E-state index >= 15 is 0 Å². The Kier molecular flexibility index (Phi) is 4.26. The van der Waals surface area contributed by atoms with E-state index in [2.05, 4.69) is 5.32 Å². The lowest BCUT2D eigenvalue weighted by Crippen LogP contribution is -2.31. The highest BCUT2D eigenvalue weighted by molar-refractivity contribution is 6.06. The van der Waals surface area contributed by atoms with Gasteiger partial charge in [-0.15, -0.1) is 0 Å². The van der Waals surface area contributed by atoms with Crippen LogP contribution in [0.15, 0.2) is 47.1 Å². The van der Waals surface area contributed by atoms with Gasteiger partial charge < -0.3 is 14.8 Å². The predicted molar refractivity (Wildman–Crippen MR) is 79.8 cm³/mol. The third-order valence-electron chi connectivity index (χ3n) is 3.62. The van der Waals surface area contributed by atoms with Crippen LogP contribution in [0, 0.1) is 17.5 Å². The van der Waals surface area contributed by atoms with E-state index in [0.29, 0.717) is 11.0 Å². The second-order valence-electron chi connectivity index (χ2n) is 5.15. The number of para-hydroxylation sites is 1. The molecule has 3 aromatic rings. The van der Waals surface area contributed by atoms with Crippen molar-refractivity contribution in [3.8, 4) is 0 Å². The summed E-state index contributed by atoms with van der Waals surface area (Å²) in [6.45, 7) is -0.619. The summed E-state index contributed by atoms with van der Waals surface area (Å²) in [7, 11) is 0. The van der Waals surface area contributed by atoms with Crippen molar-refractivity contribution in [3.05, 3.63) is 71.2 Å². The summed E-state index contributed by atoms with van der Waals surface area (Å²) >= 11 is 0. The zero-order chi connectivity index (χ0) is 17.3. The maximum absolute atomic E-state index is 13.3. The molecule has 0 saturated carbocycles. The number of carbonyl (C=O) groups excluding carboxylic acids is 1. The molecule has 0 spiro atoms. The first-order valence-electron chi connectivity index (χ1n) is 7.03. The molecule has 1 unspecified atom stereocenters. The minimum absolute atomic E-state index is 0.0879. The predicted octanol–water partition coefficient (Wildman–Crippen LogP) is 3.31. The summed E-state index contributed by atoms with van der Waals surface area (Å²) in [6, 6.07) is 7.19. The van der Waals surface area contributed by atoms with Gasteiger partial charge in [0.05, 0.1) is 18.2 Å². The van der Waals surface area contributed by atoms with Gasteiger partial charge in [0.1, 0.15) is 11.8 Å². The highest BCUT2D eigenvalue weighted by atomic mass is 19.2. The van der Waals surface area contributed by atoms with Gasteiger partial charge in [0.2, 0.25) is 0 Å². The van der Waals surface area contributed by atoms with Crippen LogP contribution in [-0.2, 0) is 0 Å². The van der Waals surface area contributed by atoms with Crippen LogP contribution in [-0.4, -0.2) is 17.6 Å². The van der Waals surface area contributed by atoms with Gasteiger partial charge in [-0.05, 0) is 23.8 Å². The third-order valence-corrected chi connectivity index (χ3v) is 3.62. The monoisotopic (exact) mass is 335 g/mol. The summed E-state index contributed by atoms with van der Waals surface area (Å²) in [5.41, 5.74) is 0.629. The maximum Gasteiger partial charge on any atom is 0.255 e. The molecule has 3 rings (SSSR count). The lowest BCUT2D eigenvalue weighted by atomic mass is 10.1. The molecule has 0 aliphatic rings. The van der Waals surface area contributed by atoms with Crippen molar-refractivity contribution in [3.63, 3.8) is 0 Å². The Labute approximate surface area is 134 Å². The third kappa shape index (κ3) is 2.85. The molecule has 0 radical (unpaired) electrons. The van der Waals surface area contributed by atoms with Crippen LogP contribution in [0.5, 0.6) is 0 Å². The van der Waals surface area contributed by atoms with Crippen molar-refractivity contribution in [2.24, 2.45) is 0 Å². The average Bonchev–Trinajstić information content (AvgIpc) is 3.01. The van der Waals surface area contributed by atoms with E-state index in [1.807, 2.05) is 0 Å². The molecule has 1 aromatic heterocycles. The van der Waals surface area contributed by atoms with Crippen LogP contribution in [0.4, 0.5) is 13.2 Å². The van der Waals surface area contributed by atoms with Gasteiger partial charge in [0, 0.05) is 5.39 Å². The molecule has 0 fully saturated rings. The molecule has 1 atom stereocenters. The van der Waals surface area contributed by atoms with E-state index in [9.17, 15) is 23.1 Å². The van der Waals surface area contributed by atoms with E-state index < -0.39 is 36.0 Å². The van der Waals surface area contributed by atoms with Crippen molar-refractivity contribution in [2.45, 2.75) is 6.04 Å². The first-order chi connectivity index (χ1) is 11.5. The largest absolute Gasteiger partial charge is 0.463 e. The van der Waals surface area contributed by atoms with Crippen LogP contribution >= 0.6 is 0 Å². The number of aliphatic hydroxyl groups excluding tert-OH is 1. The molecule has 0 aliphatic carbocycles. The maximum atomic E-state index is 13.3. The molecule has 1 heterocycles. The fraction of sp³-hybridized carbons (Fsp3) is 0.118. The lowest BCUT2D eigenvalue weighted by Gasteiger charge is -2.17. The first-order valence-corrected chi connectivity index (χ1v) is 7.03. The second-order valence-corrected chi connectivity index (χ2v) is 5.15. The van der Waals surface area contributed by atoms with Crippen molar-refractivity contribution < 1.29 is 27.5 Å². The summed E-state index contributed by atoms with van der Waals surface area (Å²) < 4.78 is 44.9. The second kappa shape index (κ2) is 6.37. The number of aliphatic hydroxyl groups is 1. The Morgan fingerprint density at radius 1 is 1.17 bits per heavy atom. The van der Waals surface area contributed by atoms with Crippen molar-refractivity contribution in [2.75, 3.05) is 6.61 Å². The molecular weight excluding hydrogens is 323 g/mol. The molecule has 0 bridgehead atoms. The highest BCUT2D eigenvalue weighted by Gasteiger charge is 2.21. The normalized spacial score (nSPS) is 12.3. The van der Waals surface area contributed by atoms with Crippen LogP contribution in [0.1, 0.15) is 22.0 Å². The minimum atomic E-state index is -1.61. The van der Waals surface area contributed by atoms with Gasteiger partial charge in [-0.3, -0.25) is 4.79 Å². The highest BCUT2D eigenvalue weighted by Crippen LogP contribution is 2.23. The fourth-order valence-electron chi connectivity index (χ4n) is 2.40. The molecule has 124 valence electrons. The Bertz CT molecular complexity index is 884. The molecule has 2 aromatic carbocycles. The number of hydrogen-bond donors (Lipinski definition) is 2. The number of halogens is 3. The number of nitrogens with one attached hydrogen (secondary N) is 1. The van der Waals surface area contributed by atoms with Crippen LogP contribution in [0.2, 0.25) is 0 Å². The number of furan rings is 1. The standard InChI is InChI=1S/C17H12F3NO3/c18-12-5-9(6-13(19)16(12)20)14(7-22)21-17(23)11-8-24-15-4-2-1-3-10(11)15/h1-6,8,14,22H,7H2,(H,21,23). The SMILES string of the molecule is O=C(NC(CO)c1cc(F)c(F)c(F)c1)c1coc2ccccc12. The van der Waals surface area contributed by atoms with Crippen LogP contribution < -0.4 is 5.32 Å². The van der Waals surface area contributed by atoms with Gasteiger partial charge in [-0.2, -0.15) is 0 Å². The van der Waals surface area contributed by atoms with E-state index in [-0.39, 0.29) is 11.1 Å². The summed E-state index contributed by atoms with van der Waals surface area (Å²) in [5, 5.41) is 12.4. The Morgan fingerprint density at radius 2 is 1.83 bits per heavy atom. The van der Waals surface area contributed by atoms with Gasteiger partial charge in [-0.1, -0.05) is 18.2 Å². The lowest BCUT2D eigenvalue weighted by molar-refractivity contribution is 0.0916. The number of amides is 1. The molecular formula is C17H12F3NO3. The van der Waals surface area contributed by atoms with Crippen molar-refractivity contribution in [1.29, 1.82) is 0 Å². The van der Waals surface area contributed by atoms with Gasteiger partial charge in [-0.25, -0.2) is 13.2 Å². The molecule has 0 saturated heterocycles. The van der Waals surface area contributed by atoms with Gasteiger partial charge in [0.25, 0.3) is 5.91 Å². The number of benzene rings is 2. The topological polar surface area (TPSA) is 62.5 Å². The summed E-state index contributed by atoms with van der Waals surface area (Å²) in [6.07, 6.45) is 1.25. The number of carbonyl (C=O) groups is 1. The molecule has 4 nitrogen and oxygen atoms in total. The van der Waals surface area contributed by atoms with E-state index in [1.165, 1.54) is 6.26 Å². The molecule has 1 amide bonds. The Balaban J connectivity index is 1.89. The van der Waals surface area contributed by atoms with Crippen molar-refractivity contribution >= 4 is 16.9 Å². The molecule has 0 aliphatic heterocycles. The van der Waals surface area contributed by atoms with Gasteiger partial charge >= 0.3 is 0 Å². The van der Waals surface area contributed by atoms with E-state index in [0.717, 1.165) is 12.1 Å². The number of hydrogen-bond acceptors (Lipinski definition) is 3. The quantitative estimate of drug-likeness (QED) is 0.719. The van der Waals surface area contributed by atoms with Gasteiger partial charge in [0.15, 0.2) is 17.5 Å². The summed E-state index contributed by atoms with van der Waals surface area (Å²) in [4.78, 5) is 12.4. The van der Waals surface area contributed by atoms with Crippen molar-refractivity contribution in [1.82, 2.24) is 5.32 Å².